The summed E-state index contributed by atoms with van der Waals surface area (Å²) in [5.41, 5.74) is 8.51. The lowest BCUT2D eigenvalue weighted by atomic mass is 9.78. The minimum absolute atomic E-state index is 0.0833. The minimum atomic E-state index is -0.0833. The van der Waals surface area contributed by atoms with E-state index in [1.165, 1.54) is 22.3 Å². The molecular weight excluding hydrogens is 292 g/mol. The van der Waals surface area contributed by atoms with Crippen LogP contribution in [0.3, 0.4) is 0 Å². The van der Waals surface area contributed by atoms with Crippen LogP contribution in [0.4, 0.5) is 0 Å². The van der Waals surface area contributed by atoms with Gasteiger partial charge in [-0.25, -0.2) is 4.98 Å². The van der Waals surface area contributed by atoms with Gasteiger partial charge in [0.15, 0.2) is 0 Å². The van der Waals surface area contributed by atoms with Crippen molar-refractivity contribution in [1.82, 2.24) is 9.97 Å². The lowest BCUT2D eigenvalue weighted by Crippen LogP contribution is -2.25. The van der Waals surface area contributed by atoms with Crippen LogP contribution in [-0.2, 0) is 10.8 Å². The van der Waals surface area contributed by atoms with Gasteiger partial charge in [0.25, 0.3) is 0 Å². The highest BCUT2D eigenvalue weighted by molar-refractivity contribution is 5.76. The Kier molecular flexibility index (Phi) is 3.12. The van der Waals surface area contributed by atoms with E-state index in [9.17, 15) is 0 Å². The van der Waals surface area contributed by atoms with Crippen molar-refractivity contribution >= 4 is 11.0 Å². The molecule has 0 N–H and O–H groups in total. The number of fused-ring (bicyclic) bond motifs is 2. The largest absolute Gasteiger partial charge is 0.253 e. The van der Waals surface area contributed by atoms with E-state index in [0.29, 0.717) is 0 Å². The molecule has 1 aromatic heterocycles. The highest BCUT2D eigenvalue weighted by Crippen LogP contribution is 2.52. The van der Waals surface area contributed by atoms with Gasteiger partial charge in [-0.2, -0.15) is 0 Å². The molecule has 24 heavy (non-hydrogen) atoms. The van der Waals surface area contributed by atoms with Crippen molar-refractivity contribution in [3.8, 4) is 0 Å². The van der Waals surface area contributed by atoms with Crippen LogP contribution in [0.5, 0.6) is 0 Å². The molecule has 0 spiro atoms. The SMILES string of the molecule is Cc1cc2ncc(C3(C)CC(C)(C)c4ccccc43)nc2cc1C. The molecule has 0 saturated carbocycles. The topological polar surface area (TPSA) is 25.8 Å². The predicted octanol–water partition coefficient (Wildman–Crippen LogP) is 5.23. The van der Waals surface area contributed by atoms with Crippen LogP contribution in [0.1, 0.15) is 55.1 Å². The average molecular weight is 316 g/mol. The van der Waals surface area contributed by atoms with Crippen LogP contribution in [0, 0.1) is 13.8 Å². The Morgan fingerprint density at radius 3 is 2.21 bits per heavy atom. The van der Waals surface area contributed by atoms with Crippen LogP contribution in [-0.4, -0.2) is 9.97 Å². The van der Waals surface area contributed by atoms with Gasteiger partial charge >= 0.3 is 0 Å². The van der Waals surface area contributed by atoms with E-state index in [-0.39, 0.29) is 10.8 Å². The molecule has 1 atom stereocenters. The summed E-state index contributed by atoms with van der Waals surface area (Å²) in [6.45, 7) is 11.2. The van der Waals surface area contributed by atoms with E-state index in [2.05, 4.69) is 71.0 Å². The van der Waals surface area contributed by atoms with Gasteiger partial charge in [-0.3, -0.25) is 4.98 Å². The molecule has 0 saturated heterocycles. The van der Waals surface area contributed by atoms with Crippen molar-refractivity contribution in [2.24, 2.45) is 0 Å². The molecule has 1 aliphatic rings. The fourth-order valence-corrected chi connectivity index (χ4v) is 4.39. The lowest BCUT2D eigenvalue weighted by molar-refractivity contribution is 0.418. The molecule has 1 heterocycles. The molecule has 0 radical (unpaired) electrons. The number of benzene rings is 2. The van der Waals surface area contributed by atoms with Crippen molar-refractivity contribution in [1.29, 1.82) is 0 Å². The zero-order valence-electron chi connectivity index (χ0n) is 15.1. The maximum Gasteiger partial charge on any atom is 0.0893 e. The number of hydrogen-bond donors (Lipinski definition) is 0. The molecule has 0 bridgehead atoms. The summed E-state index contributed by atoms with van der Waals surface area (Å²) in [6.07, 6.45) is 3.04. The maximum absolute atomic E-state index is 5.03. The van der Waals surface area contributed by atoms with Crippen LogP contribution in [0.2, 0.25) is 0 Å². The van der Waals surface area contributed by atoms with Gasteiger partial charge in [0, 0.05) is 5.41 Å². The van der Waals surface area contributed by atoms with E-state index in [0.717, 1.165) is 23.1 Å². The van der Waals surface area contributed by atoms with Gasteiger partial charge in [0.2, 0.25) is 0 Å². The highest BCUT2D eigenvalue weighted by atomic mass is 14.8. The number of hydrogen-bond acceptors (Lipinski definition) is 2. The van der Waals surface area contributed by atoms with E-state index < -0.39 is 0 Å². The Morgan fingerprint density at radius 1 is 0.875 bits per heavy atom. The summed E-state index contributed by atoms with van der Waals surface area (Å²) < 4.78 is 0. The van der Waals surface area contributed by atoms with Crippen molar-refractivity contribution in [3.63, 3.8) is 0 Å². The first kappa shape index (κ1) is 15.3. The van der Waals surface area contributed by atoms with Gasteiger partial charge in [0.05, 0.1) is 22.9 Å². The Morgan fingerprint density at radius 2 is 1.50 bits per heavy atom. The number of rotatable bonds is 1. The molecule has 4 rings (SSSR count). The molecule has 122 valence electrons. The van der Waals surface area contributed by atoms with Crippen molar-refractivity contribution in [2.45, 2.75) is 51.9 Å². The highest BCUT2D eigenvalue weighted by Gasteiger charge is 2.46. The Labute approximate surface area is 144 Å². The molecule has 1 aliphatic carbocycles. The predicted molar refractivity (Wildman–Crippen MR) is 99.6 cm³/mol. The first-order valence-corrected chi connectivity index (χ1v) is 8.66. The fraction of sp³-hybridized carbons (Fsp3) is 0.364. The molecule has 2 aromatic carbocycles. The molecular formula is C22H24N2. The van der Waals surface area contributed by atoms with Crippen molar-refractivity contribution < 1.29 is 0 Å². The second-order valence-corrected chi connectivity index (χ2v) is 8.12. The summed E-state index contributed by atoms with van der Waals surface area (Å²) in [7, 11) is 0. The molecule has 3 aromatic rings. The van der Waals surface area contributed by atoms with E-state index >= 15 is 0 Å². The average Bonchev–Trinajstić information content (AvgIpc) is 2.76. The smallest absolute Gasteiger partial charge is 0.0893 e. The van der Waals surface area contributed by atoms with Crippen molar-refractivity contribution in [3.05, 3.63) is 70.5 Å². The third-order valence-electron chi connectivity index (χ3n) is 5.77. The van der Waals surface area contributed by atoms with Crippen LogP contribution >= 0.6 is 0 Å². The van der Waals surface area contributed by atoms with Gasteiger partial charge in [-0.05, 0) is 67.0 Å². The Bertz CT molecular complexity index is 955. The summed E-state index contributed by atoms with van der Waals surface area (Å²) in [5, 5.41) is 0. The van der Waals surface area contributed by atoms with Crippen LogP contribution in [0.25, 0.3) is 11.0 Å². The normalized spacial score (nSPS) is 21.9. The molecule has 0 fully saturated rings. The monoisotopic (exact) mass is 316 g/mol. The van der Waals surface area contributed by atoms with Gasteiger partial charge < -0.3 is 0 Å². The zero-order valence-corrected chi connectivity index (χ0v) is 15.1. The maximum atomic E-state index is 5.03. The third-order valence-corrected chi connectivity index (χ3v) is 5.77. The summed E-state index contributed by atoms with van der Waals surface area (Å²) in [6, 6.07) is 13.1. The number of aryl methyl sites for hydroxylation is 2. The van der Waals surface area contributed by atoms with Crippen LogP contribution < -0.4 is 0 Å². The second-order valence-electron chi connectivity index (χ2n) is 8.12. The zero-order chi connectivity index (χ0) is 17.1. The fourth-order valence-electron chi connectivity index (χ4n) is 4.39. The molecule has 0 amide bonds. The van der Waals surface area contributed by atoms with Crippen LogP contribution in [0.15, 0.2) is 42.6 Å². The van der Waals surface area contributed by atoms with Crippen molar-refractivity contribution in [2.75, 3.05) is 0 Å². The van der Waals surface area contributed by atoms with E-state index in [4.69, 9.17) is 9.97 Å². The number of nitrogens with zero attached hydrogens (tertiary/aromatic N) is 2. The summed E-state index contributed by atoms with van der Waals surface area (Å²) >= 11 is 0. The van der Waals surface area contributed by atoms with Gasteiger partial charge in [-0.1, -0.05) is 38.1 Å². The number of aromatic nitrogens is 2. The first-order chi connectivity index (χ1) is 11.3. The molecule has 2 heteroatoms. The Hall–Kier alpha value is -2.22. The minimum Gasteiger partial charge on any atom is -0.253 e. The molecule has 1 unspecified atom stereocenters. The second kappa shape index (κ2) is 4.89. The standard InChI is InChI=1S/C22H24N2/c1-14-10-18-19(11-15(14)2)24-20(12-23-18)22(5)13-21(3,4)16-8-6-7-9-17(16)22/h6-12H,13H2,1-5H3. The quantitative estimate of drug-likeness (QED) is 0.614. The Balaban J connectivity index is 1.93. The lowest BCUT2D eigenvalue weighted by Gasteiger charge is -2.27. The third kappa shape index (κ3) is 2.09. The van der Waals surface area contributed by atoms with E-state index in [1.54, 1.807) is 0 Å². The summed E-state index contributed by atoms with van der Waals surface area (Å²) in [4.78, 5) is 9.76. The van der Waals surface area contributed by atoms with Gasteiger partial charge in [0.1, 0.15) is 0 Å². The van der Waals surface area contributed by atoms with E-state index in [1.807, 2.05) is 6.20 Å². The summed E-state index contributed by atoms with van der Waals surface area (Å²) in [5.74, 6) is 0. The molecule has 0 aliphatic heterocycles. The first-order valence-electron chi connectivity index (χ1n) is 8.66. The molecule has 2 nitrogen and oxygen atoms in total. The van der Waals surface area contributed by atoms with Gasteiger partial charge in [-0.15, -0.1) is 0 Å².